The highest BCUT2D eigenvalue weighted by Crippen LogP contribution is 2.32. The maximum absolute atomic E-state index is 5.14. The molecule has 0 aliphatic heterocycles. The molecular weight excluding hydrogens is 390 g/mol. The van der Waals surface area contributed by atoms with Crippen LogP contribution in [0, 0.1) is 0 Å². The van der Waals surface area contributed by atoms with Crippen LogP contribution in [-0.2, 0) is 13.0 Å². The van der Waals surface area contributed by atoms with Crippen LogP contribution in [0.5, 0.6) is 5.75 Å². The predicted molar refractivity (Wildman–Crippen MR) is 88.1 cm³/mol. The Hall–Kier alpha value is -0.360. The molecule has 0 bridgehead atoms. The van der Waals surface area contributed by atoms with E-state index in [0.29, 0.717) is 0 Å². The number of hydrogen-bond donors (Lipinski definition) is 1. The molecule has 0 spiro atoms. The van der Waals surface area contributed by atoms with Crippen molar-refractivity contribution in [3.63, 3.8) is 0 Å². The first-order chi connectivity index (χ1) is 9.19. The zero-order valence-corrected chi connectivity index (χ0v) is 14.6. The summed E-state index contributed by atoms with van der Waals surface area (Å²) >= 11 is 8.76. The summed E-state index contributed by atoms with van der Waals surface area (Å²) in [4.78, 5) is 1.33. The summed E-state index contributed by atoms with van der Waals surface area (Å²) in [6.07, 6.45) is 1.03. The fourth-order valence-electron chi connectivity index (χ4n) is 1.72. The smallest absolute Gasteiger partial charge is 0.118 e. The van der Waals surface area contributed by atoms with Crippen LogP contribution < -0.4 is 10.1 Å². The maximum atomic E-state index is 5.14. The molecule has 0 aliphatic rings. The monoisotopic (exact) mass is 403 g/mol. The third kappa shape index (κ3) is 4.60. The lowest BCUT2D eigenvalue weighted by Gasteiger charge is -2.05. The minimum atomic E-state index is 0.907. The number of hydrogen-bond acceptors (Lipinski definition) is 3. The SMILES string of the molecule is COc1ccc(CCNCc2cc(Br)c(Br)s2)cc1. The van der Waals surface area contributed by atoms with Crippen molar-refractivity contribution in [2.75, 3.05) is 13.7 Å². The molecule has 2 aromatic rings. The van der Waals surface area contributed by atoms with E-state index >= 15 is 0 Å². The summed E-state index contributed by atoms with van der Waals surface area (Å²) in [5.74, 6) is 0.907. The summed E-state index contributed by atoms with van der Waals surface area (Å²) in [5, 5.41) is 3.46. The van der Waals surface area contributed by atoms with Crippen molar-refractivity contribution in [1.29, 1.82) is 0 Å². The molecule has 0 fully saturated rings. The molecule has 0 aliphatic carbocycles. The Balaban J connectivity index is 1.74. The second-order valence-corrected chi connectivity index (χ2v) is 7.42. The lowest BCUT2D eigenvalue weighted by molar-refractivity contribution is 0.414. The maximum Gasteiger partial charge on any atom is 0.118 e. The molecule has 5 heteroatoms. The lowest BCUT2D eigenvalue weighted by atomic mass is 10.1. The number of benzene rings is 1. The summed E-state index contributed by atoms with van der Waals surface area (Å²) in [6.45, 7) is 1.88. The van der Waals surface area contributed by atoms with Gasteiger partial charge in [-0.05, 0) is 68.6 Å². The minimum Gasteiger partial charge on any atom is -0.497 e. The first kappa shape index (κ1) is 15.0. The van der Waals surface area contributed by atoms with Gasteiger partial charge in [-0.1, -0.05) is 12.1 Å². The van der Waals surface area contributed by atoms with Gasteiger partial charge in [0.15, 0.2) is 0 Å². The van der Waals surface area contributed by atoms with Crippen LogP contribution >= 0.6 is 43.2 Å². The largest absolute Gasteiger partial charge is 0.497 e. The van der Waals surface area contributed by atoms with Crippen LogP contribution in [0.3, 0.4) is 0 Å². The number of nitrogens with one attached hydrogen (secondary N) is 1. The molecule has 2 rings (SSSR count). The number of methoxy groups -OCH3 is 1. The summed E-state index contributed by atoms with van der Waals surface area (Å²) in [5.41, 5.74) is 1.32. The van der Waals surface area contributed by atoms with Gasteiger partial charge in [-0.3, -0.25) is 0 Å². The molecule has 1 N–H and O–H groups in total. The van der Waals surface area contributed by atoms with E-state index in [1.807, 2.05) is 12.1 Å². The zero-order chi connectivity index (χ0) is 13.7. The molecule has 0 saturated heterocycles. The van der Waals surface area contributed by atoms with E-state index in [1.54, 1.807) is 18.4 Å². The van der Waals surface area contributed by atoms with E-state index < -0.39 is 0 Å². The first-order valence-electron chi connectivity index (χ1n) is 5.96. The Kier molecular flexibility index (Phi) is 5.88. The Morgan fingerprint density at radius 3 is 2.53 bits per heavy atom. The molecule has 0 atom stereocenters. The van der Waals surface area contributed by atoms with Crippen molar-refractivity contribution < 1.29 is 4.74 Å². The highest BCUT2D eigenvalue weighted by Gasteiger charge is 2.03. The van der Waals surface area contributed by atoms with Gasteiger partial charge in [0.1, 0.15) is 5.75 Å². The van der Waals surface area contributed by atoms with Crippen molar-refractivity contribution in [2.45, 2.75) is 13.0 Å². The molecule has 1 aromatic heterocycles. The molecule has 0 amide bonds. The summed E-state index contributed by atoms with van der Waals surface area (Å²) < 4.78 is 7.42. The average Bonchev–Trinajstić information content (AvgIpc) is 2.74. The van der Waals surface area contributed by atoms with Crippen molar-refractivity contribution >= 4 is 43.2 Å². The minimum absolute atomic E-state index is 0.907. The van der Waals surface area contributed by atoms with Gasteiger partial charge in [0, 0.05) is 15.9 Å². The van der Waals surface area contributed by atoms with Crippen LogP contribution in [0.25, 0.3) is 0 Å². The molecule has 102 valence electrons. The second kappa shape index (κ2) is 7.43. The Labute approximate surface area is 134 Å². The van der Waals surface area contributed by atoms with Gasteiger partial charge >= 0.3 is 0 Å². The number of ether oxygens (including phenoxy) is 1. The Morgan fingerprint density at radius 2 is 1.95 bits per heavy atom. The highest BCUT2D eigenvalue weighted by molar-refractivity contribution is 9.13. The van der Waals surface area contributed by atoms with Crippen molar-refractivity contribution in [3.05, 3.63) is 49.0 Å². The topological polar surface area (TPSA) is 21.3 Å². The van der Waals surface area contributed by atoms with Crippen LogP contribution in [0.15, 0.2) is 38.6 Å². The van der Waals surface area contributed by atoms with Crippen LogP contribution in [0.4, 0.5) is 0 Å². The van der Waals surface area contributed by atoms with Gasteiger partial charge in [-0.25, -0.2) is 0 Å². The van der Waals surface area contributed by atoms with E-state index in [4.69, 9.17) is 4.74 Å². The van der Waals surface area contributed by atoms with E-state index in [0.717, 1.165) is 33.5 Å². The van der Waals surface area contributed by atoms with E-state index in [-0.39, 0.29) is 0 Å². The highest BCUT2D eigenvalue weighted by atomic mass is 79.9. The molecular formula is C14H15Br2NOS. The molecule has 1 heterocycles. The quantitative estimate of drug-likeness (QED) is 0.709. The third-order valence-corrected chi connectivity index (χ3v) is 6.00. The molecule has 0 radical (unpaired) electrons. The average molecular weight is 405 g/mol. The van der Waals surface area contributed by atoms with Gasteiger partial charge in [0.05, 0.1) is 10.9 Å². The molecule has 1 aromatic carbocycles. The zero-order valence-electron chi connectivity index (χ0n) is 10.6. The van der Waals surface area contributed by atoms with Crippen molar-refractivity contribution in [2.24, 2.45) is 0 Å². The number of rotatable bonds is 6. The molecule has 2 nitrogen and oxygen atoms in total. The lowest BCUT2D eigenvalue weighted by Crippen LogP contribution is -2.15. The van der Waals surface area contributed by atoms with Crippen LogP contribution in [0.1, 0.15) is 10.4 Å². The van der Waals surface area contributed by atoms with E-state index in [2.05, 4.69) is 55.4 Å². The Morgan fingerprint density at radius 1 is 1.21 bits per heavy atom. The number of halogens is 2. The molecule has 0 unspecified atom stereocenters. The van der Waals surface area contributed by atoms with Crippen LogP contribution in [0.2, 0.25) is 0 Å². The Bertz CT molecular complexity index is 505. The van der Waals surface area contributed by atoms with Gasteiger partial charge in [0.25, 0.3) is 0 Å². The second-order valence-electron chi connectivity index (χ2n) is 4.11. The summed E-state index contributed by atoms with van der Waals surface area (Å²) in [6, 6.07) is 10.4. The fraction of sp³-hybridized carbons (Fsp3) is 0.286. The molecule has 19 heavy (non-hydrogen) atoms. The van der Waals surface area contributed by atoms with Gasteiger partial charge in [-0.2, -0.15) is 0 Å². The van der Waals surface area contributed by atoms with Gasteiger partial charge in [-0.15, -0.1) is 11.3 Å². The van der Waals surface area contributed by atoms with Crippen molar-refractivity contribution in [3.8, 4) is 5.75 Å². The van der Waals surface area contributed by atoms with Gasteiger partial charge < -0.3 is 10.1 Å². The fourth-order valence-corrected chi connectivity index (χ4v) is 3.86. The van der Waals surface area contributed by atoms with Crippen molar-refractivity contribution in [1.82, 2.24) is 5.32 Å². The number of thiophene rings is 1. The summed E-state index contributed by atoms with van der Waals surface area (Å²) in [7, 11) is 1.69. The predicted octanol–water partition coefficient (Wildman–Crippen LogP) is 4.61. The van der Waals surface area contributed by atoms with E-state index in [1.165, 1.54) is 10.4 Å². The normalized spacial score (nSPS) is 10.7. The third-order valence-electron chi connectivity index (χ3n) is 2.74. The van der Waals surface area contributed by atoms with Crippen LogP contribution in [-0.4, -0.2) is 13.7 Å². The van der Waals surface area contributed by atoms with Gasteiger partial charge in [0.2, 0.25) is 0 Å². The molecule has 0 saturated carbocycles. The first-order valence-corrected chi connectivity index (χ1v) is 8.36. The van der Waals surface area contributed by atoms with E-state index in [9.17, 15) is 0 Å². The standard InChI is InChI=1S/C14H15Br2NOS/c1-18-11-4-2-10(3-5-11)6-7-17-9-12-8-13(15)14(16)19-12/h2-5,8,17H,6-7,9H2,1H3.